The Morgan fingerprint density at radius 3 is 2.60 bits per heavy atom. The zero-order valence-electron chi connectivity index (χ0n) is 10.5. The number of nitrogens with two attached hydrogens (primary N) is 1. The quantitative estimate of drug-likeness (QED) is 0.803. The maximum absolute atomic E-state index is 11.8. The minimum absolute atomic E-state index is 0.184. The van der Waals surface area contributed by atoms with Gasteiger partial charge in [-0.3, -0.25) is 4.79 Å². The summed E-state index contributed by atoms with van der Waals surface area (Å²) in [6.07, 6.45) is 1.36. The van der Waals surface area contributed by atoms with E-state index in [0.717, 1.165) is 27.3 Å². The van der Waals surface area contributed by atoms with Gasteiger partial charge in [-0.2, -0.15) is 0 Å². The van der Waals surface area contributed by atoms with Gasteiger partial charge in [0.2, 0.25) is 0 Å². The van der Waals surface area contributed by atoms with Gasteiger partial charge in [-0.05, 0) is 42.3 Å². The van der Waals surface area contributed by atoms with Gasteiger partial charge in [-0.25, -0.2) is 0 Å². The van der Waals surface area contributed by atoms with Crippen molar-refractivity contribution in [3.8, 4) is 0 Å². The average Bonchev–Trinajstić information content (AvgIpc) is 2.74. The highest BCUT2D eigenvalue weighted by Crippen LogP contribution is 2.39. The number of halogens is 2. The van der Waals surface area contributed by atoms with Crippen LogP contribution in [0.2, 0.25) is 10.0 Å². The van der Waals surface area contributed by atoms with Crippen molar-refractivity contribution in [2.45, 2.75) is 22.6 Å². The molecule has 0 saturated carbocycles. The Bertz CT molecular complexity index is 715. The summed E-state index contributed by atoms with van der Waals surface area (Å²) in [7, 11) is 0. The Hall–Kier alpha value is -1.16. The number of nitrogen functional groups attached to an aromatic ring is 1. The molecule has 0 aromatic heterocycles. The molecule has 0 heterocycles. The first-order chi connectivity index (χ1) is 9.54. The van der Waals surface area contributed by atoms with E-state index in [2.05, 4.69) is 0 Å². The highest BCUT2D eigenvalue weighted by atomic mass is 35.5. The lowest BCUT2D eigenvalue weighted by Crippen LogP contribution is -1.96. The van der Waals surface area contributed by atoms with Crippen molar-refractivity contribution in [1.29, 1.82) is 0 Å². The van der Waals surface area contributed by atoms with Crippen molar-refractivity contribution in [1.82, 2.24) is 0 Å². The second-order valence-corrected chi connectivity index (χ2v) is 6.57. The number of Topliss-reactive ketones (excluding diaryl/α,β-unsaturated/α-hetero) is 1. The van der Waals surface area contributed by atoms with Crippen LogP contribution in [0.25, 0.3) is 0 Å². The van der Waals surface area contributed by atoms with Crippen LogP contribution in [-0.4, -0.2) is 5.78 Å². The molecule has 0 amide bonds. The Morgan fingerprint density at radius 1 is 1.05 bits per heavy atom. The van der Waals surface area contributed by atoms with Gasteiger partial charge < -0.3 is 5.73 Å². The molecule has 2 aromatic rings. The van der Waals surface area contributed by atoms with Crippen LogP contribution in [0.1, 0.15) is 22.3 Å². The second-order valence-electron chi connectivity index (χ2n) is 4.65. The number of aryl methyl sites for hydroxylation is 1. The Labute approximate surface area is 131 Å². The first kappa shape index (κ1) is 13.8. The summed E-state index contributed by atoms with van der Waals surface area (Å²) in [5.74, 6) is 0.184. The molecule has 102 valence electrons. The van der Waals surface area contributed by atoms with Crippen LogP contribution >= 0.6 is 35.0 Å². The van der Waals surface area contributed by atoms with Crippen LogP contribution in [0.3, 0.4) is 0 Å². The zero-order chi connectivity index (χ0) is 14.3. The number of hydrogen-bond donors (Lipinski definition) is 1. The number of carbonyl (C=O) groups is 1. The summed E-state index contributed by atoms with van der Waals surface area (Å²) < 4.78 is 0. The largest absolute Gasteiger partial charge is 0.398 e. The summed E-state index contributed by atoms with van der Waals surface area (Å²) in [5.41, 5.74) is 8.57. The van der Waals surface area contributed by atoms with Crippen molar-refractivity contribution in [3.05, 3.63) is 51.5 Å². The molecule has 1 aliphatic carbocycles. The monoisotopic (exact) mass is 323 g/mol. The second kappa shape index (κ2) is 5.32. The zero-order valence-corrected chi connectivity index (χ0v) is 12.8. The van der Waals surface area contributed by atoms with Gasteiger partial charge in [0.05, 0.1) is 5.02 Å². The summed E-state index contributed by atoms with van der Waals surface area (Å²) in [4.78, 5) is 13.5. The molecule has 0 spiro atoms. The number of rotatable bonds is 2. The third-order valence-electron chi connectivity index (χ3n) is 3.27. The molecular formula is C15H11Cl2NOS. The van der Waals surface area contributed by atoms with E-state index < -0.39 is 0 Å². The smallest absolute Gasteiger partial charge is 0.163 e. The number of hydrogen-bond acceptors (Lipinski definition) is 3. The highest BCUT2D eigenvalue weighted by Gasteiger charge is 2.21. The molecule has 0 fully saturated rings. The fourth-order valence-electron chi connectivity index (χ4n) is 2.26. The van der Waals surface area contributed by atoms with E-state index in [-0.39, 0.29) is 5.78 Å². The molecule has 1 aliphatic rings. The molecule has 3 rings (SSSR count). The fourth-order valence-corrected chi connectivity index (χ4v) is 3.67. The summed E-state index contributed by atoms with van der Waals surface area (Å²) in [6.45, 7) is 0. The number of fused-ring (bicyclic) bond motifs is 1. The molecule has 0 atom stereocenters. The van der Waals surface area contributed by atoms with Gasteiger partial charge in [0.1, 0.15) is 0 Å². The van der Waals surface area contributed by atoms with Crippen LogP contribution in [0.4, 0.5) is 5.69 Å². The van der Waals surface area contributed by atoms with Crippen LogP contribution in [0, 0.1) is 0 Å². The van der Waals surface area contributed by atoms with E-state index in [4.69, 9.17) is 28.9 Å². The molecule has 2 aromatic carbocycles. The predicted molar refractivity (Wildman–Crippen MR) is 84.1 cm³/mol. The van der Waals surface area contributed by atoms with Gasteiger partial charge in [0, 0.05) is 32.5 Å². The minimum atomic E-state index is 0.184. The highest BCUT2D eigenvalue weighted by molar-refractivity contribution is 7.99. The number of anilines is 1. The van der Waals surface area contributed by atoms with Gasteiger partial charge >= 0.3 is 0 Å². The van der Waals surface area contributed by atoms with Gasteiger partial charge in [-0.15, -0.1) is 0 Å². The maximum atomic E-state index is 11.8. The predicted octanol–water partition coefficient (Wildman–Crippen LogP) is 4.86. The molecule has 20 heavy (non-hydrogen) atoms. The molecule has 2 N–H and O–H groups in total. The van der Waals surface area contributed by atoms with Crippen molar-refractivity contribution >= 4 is 46.4 Å². The number of carbonyl (C=O) groups excluding carboxylic acids is 1. The number of ketones is 1. The SMILES string of the molecule is Nc1cc2c(cc1Sc1ccc(Cl)cc1Cl)C(=O)CC2. The number of benzene rings is 2. The summed E-state index contributed by atoms with van der Waals surface area (Å²) in [5, 5.41) is 1.17. The van der Waals surface area contributed by atoms with E-state index in [1.54, 1.807) is 12.1 Å². The van der Waals surface area contributed by atoms with Crippen molar-refractivity contribution in [2.75, 3.05) is 5.73 Å². The Balaban J connectivity index is 1.99. The van der Waals surface area contributed by atoms with Crippen LogP contribution in [0.15, 0.2) is 40.1 Å². The average molecular weight is 324 g/mol. The first-order valence-corrected chi connectivity index (χ1v) is 7.70. The third-order valence-corrected chi connectivity index (χ3v) is 5.08. The Kier molecular flexibility index (Phi) is 3.67. The van der Waals surface area contributed by atoms with E-state index in [0.29, 0.717) is 22.2 Å². The molecule has 0 bridgehead atoms. The molecule has 0 aliphatic heterocycles. The lowest BCUT2D eigenvalue weighted by atomic mass is 10.1. The molecule has 0 radical (unpaired) electrons. The fraction of sp³-hybridized carbons (Fsp3) is 0.133. The molecular weight excluding hydrogens is 313 g/mol. The molecule has 2 nitrogen and oxygen atoms in total. The summed E-state index contributed by atoms with van der Waals surface area (Å²) in [6, 6.07) is 9.09. The standard InChI is InChI=1S/C15H11Cl2NOS/c16-9-2-4-14(11(17)6-9)20-15-7-10-8(5-12(15)18)1-3-13(10)19/h2,4-7H,1,3,18H2. The van der Waals surface area contributed by atoms with E-state index >= 15 is 0 Å². The summed E-state index contributed by atoms with van der Waals surface area (Å²) >= 11 is 13.5. The van der Waals surface area contributed by atoms with Crippen molar-refractivity contribution < 1.29 is 4.79 Å². The maximum Gasteiger partial charge on any atom is 0.163 e. The normalized spacial score (nSPS) is 13.6. The lowest BCUT2D eigenvalue weighted by molar-refractivity contribution is 0.0994. The molecule has 0 unspecified atom stereocenters. The van der Waals surface area contributed by atoms with E-state index in [9.17, 15) is 4.79 Å². The first-order valence-electron chi connectivity index (χ1n) is 6.13. The van der Waals surface area contributed by atoms with E-state index in [1.165, 1.54) is 11.8 Å². The van der Waals surface area contributed by atoms with Gasteiger partial charge in [0.15, 0.2) is 5.78 Å². The topological polar surface area (TPSA) is 43.1 Å². The van der Waals surface area contributed by atoms with Crippen LogP contribution in [0.5, 0.6) is 0 Å². The van der Waals surface area contributed by atoms with Crippen LogP contribution < -0.4 is 5.73 Å². The van der Waals surface area contributed by atoms with Gasteiger partial charge in [0.25, 0.3) is 0 Å². The van der Waals surface area contributed by atoms with E-state index in [1.807, 2.05) is 18.2 Å². The minimum Gasteiger partial charge on any atom is -0.398 e. The Morgan fingerprint density at radius 2 is 1.85 bits per heavy atom. The van der Waals surface area contributed by atoms with Crippen molar-refractivity contribution in [2.24, 2.45) is 0 Å². The third kappa shape index (κ3) is 2.53. The molecule has 5 heteroatoms. The van der Waals surface area contributed by atoms with Crippen molar-refractivity contribution in [3.63, 3.8) is 0 Å². The lowest BCUT2D eigenvalue weighted by Gasteiger charge is -2.09. The van der Waals surface area contributed by atoms with Crippen LogP contribution in [-0.2, 0) is 6.42 Å². The van der Waals surface area contributed by atoms with Gasteiger partial charge in [-0.1, -0.05) is 35.0 Å². The molecule has 0 saturated heterocycles.